The van der Waals surface area contributed by atoms with Crippen LogP contribution in [0.4, 0.5) is 0 Å². The summed E-state index contributed by atoms with van der Waals surface area (Å²) in [6.07, 6.45) is 0.358. The van der Waals surface area contributed by atoms with Gasteiger partial charge in [0.15, 0.2) is 0 Å². The summed E-state index contributed by atoms with van der Waals surface area (Å²) in [5.74, 6) is 0.136. The Labute approximate surface area is 180 Å². The maximum Gasteiger partial charge on any atom is 0.227 e. The highest BCUT2D eigenvalue weighted by molar-refractivity contribution is 5.78. The van der Waals surface area contributed by atoms with Gasteiger partial charge in [0.1, 0.15) is 0 Å². The average molecular weight is 420 g/mol. The average Bonchev–Trinajstić information content (AvgIpc) is 2.78. The van der Waals surface area contributed by atoms with E-state index in [0.717, 1.165) is 51.5 Å². The molecule has 2 fully saturated rings. The first-order valence-electron chi connectivity index (χ1n) is 11.1. The van der Waals surface area contributed by atoms with Crippen LogP contribution in [0.2, 0.25) is 0 Å². The van der Waals surface area contributed by atoms with Crippen molar-refractivity contribution in [2.24, 2.45) is 0 Å². The standard InChI is InChI=1S/C23H37N3O4/c1-23(2,19-27)26-12-15-30-21(18-26)17-25(9-8-24-10-13-29-14-11-24)22(28)16-20-6-4-3-5-7-20/h3-7,21,27H,8-19H2,1-2H3. The number of aliphatic hydroxyl groups excluding tert-OH is 1. The van der Waals surface area contributed by atoms with Gasteiger partial charge in [-0.3, -0.25) is 14.6 Å². The van der Waals surface area contributed by atoms with Gasteiger partial charge in [-0.25, -0.2) is 0 Å². The number of morpholine rings is 2. The summed E-state index contributed by atoms with van der Waals surface area (Å²) < 4.78 is 11.5. The first-order chi connectivity index (χ1) is 14.5. The number of rotatable bonds is 9. The summed E-state index contributed by atoms with van der Waals surface area (Å²) in [6, 6.07) is 9.92. The topological polar surface area (TPSA) is 65.5 Å². The lowest BCUT2D eigenvalue weighted by Gasteiger charge is -2.43. The van der Waals surface area contributed by atoms with E-state index < -0.39 is 0 Å². The fourth-order valence-electron chi connectivity index (χ4n) is 4.01. The molecule has 2 aliphatic heterocycles. The van der Waals surface area contributed by atoms with Crippen molar-refractivity contribution in [3.05, 3.63) is 35.9 Å². The van der Waals surface area contributed by atoms with Crippen LogP contribution in [0.25, 0.3) is 0 Å². The first kappa shape index (κ1) is 23.2. The van der Waals surface area contributed by atoms with Crippen LogP contribution >= 0.6 is 0 Å². The lowest BCUT2D eigenvalue weighted by Crippen LogP contribution is -2.57. The molecule has 2 aliphatic rings. The van der Waals surface area contributed by atoms with E-state index in [4.69, 9.17) is 9.47 Å². The zero-order valence-corrected chi connectivity index (χ0v) is 18.5. The van der Waals surface area contributed by atoms with Crippen molar-refractivity contribution in [2.75, 3.05) is 72.2 Å². The van der Waals surface area contributed by atoms with E-state index in [-0.39, 0.29) is 24.2 Å². The van der Waals surface area contributed by atoms with Gasteiger partial charge in [-0.05, 0) is 19.4 Å². The SMILES string of the molecule is CC(C)(CO)N1CCOC(CN(CCN2CCOCC2)C(=O)Cc2ccccc2)C1. The minimum atomic E-state index is -0.283. The quantitative estimate of drug-likeness (QED) is 0.641. The summed E-state index contributed by atoms with van der Waals surface area (Å²) >= 11 is 0. The van der Waals surface area contributed by atoms with E-state index in [9.17, 15) is 9.90 Å². The molecule has 0 saturated carbocycles. The molecule has 0 aromatic heterocycles. The Kier molecular flexibility index (Phi) is 8.65. The molecule has 1 N–H and O–H groups in total. The molecule has 3 rings (SSSR count). The van der Waals surface area contributed by atoms with Crippen LogP contribution in [-0.2, 0) is 20.7 Å². The third-order valence-corrected chi connectivity index (χ3v) is 6.15. The van der Waals surface area contributed by atoms with Gasteiger partial charge < -0.3 is 19.5 Å². The molecule has 0 bridgehead atoms. The molecule has 7 nitrogen and oxygen atoms in total. The molecular formula is C23H37N3O4. The van der Waals surface area contributed by atoms with Crippen molar-refractivity contribution in [3.8, 4) is 0 Å². The molecule has 168 valence electrons. The van der Waals surface area contributed by atoms with E-state index in [1.165, 1.54) is 0 Å². The van der Waals surface area contributed by atoms with Crippen molar-refractivity contribution < 1.29 is 19.4 Å². The van der Waals surface area contributed by atoms with Crippen LogP contribution in [0, 0.1) is 0 Å². The lowest BCUT2D eigenvalue weighted by atomic mass is 10.0. The normalized spacial score (nSPS) is 21.5. The predicted molar refractivity (Wildman–Crippen MR) is 116 cm³/mol. The smallest absolute Gasteiger partial charge is 0.227 e. The highest BCUT2D eigenvalue weighted by Crippen LogP contribution is 2.19. The zero-order chi connectivity index (χ0) is 21.4. The van der Waals surface area contributed by atoms with Crippen LogP contribution in [-0.4, -0.2) is 110 Å². The van der Waals surface area contributed by atoms with E-state index in [1.807, 2.05) is 49.1 Å². The summed E-state index contributed by atoms with van der Waals surface area (Å²) in [5, 5.41) is 9.73. The minimum Gasteiger partial charge on any atom is -0.394 e. The van der Waals surface area contributed by atoms with Crippen molar-refractivity contribution in [2.45, 2.75) is 31.9 Å². The number of benzene rings is 1. The minimum absolute atomic E-state index is 0.0472. The van der Waals surface area contributed by atoms with Gasteiger partial charge in [-0.15, -0.1) is 0 Å². The number of hydrogen-bond donors (Lipinski definition) is 1. The number of amides is 1. The predicted octanol–water partition coefficient (Wildman–Crippen LogP) is 0.862. The first-order valence-corrected chi connectivity index (χ1v) is 11.1. The van der Waals surface area contributed by atoms with Gasteiger partial charge in [0.2, 0.25) is 5.91 Å². The number of aliphatic hydroxyl groups is 1. The molecule has 1 amide bonds. The van der Waals surface area contributed by atoms with Crippen molar-refractivity contribution in [3.63, 3.8) is 0 Å². The highest BCUT2D eigenvalue weighted by Gasteiger charge is 2.32. The number of ether oxygens (including phenoxy) is 2. The van der Waals surface area contributed by atoms with Crippen molar-refractivity contribution in [1.29, 1.82) is 0 Å². The highest BCUT2D eigenvalue weighted by atomic mass is 16.5. The number of carbonyl (C=O) groups excluding carboxylic acids is 1. The fraction of sp³-hybridized carbons (Fsp3) is 0.696. The zero-order valence-electron chi connectivity index (χ0n) is 18.5. The molecule has 2 heterocycles. The van der Waals surface area contributed by atoms with E-state index >= 15 is 0 Å². The van der Waals surface area contributed by atoms with Crippen molar-refractivity contribution >= 4 is 5.91 Å². The van der Waals surface area contributed by atoms with Crippen LogP contribution in [0.5, 0.6) is 0 Å². The maximum absolute atomic E-state index is 13.2. The van der Waals surface area contributed by atoms with Gasteiger partial charge in [-0.2, -0.15) is 0 Å². The molecule has 2 saturated heterocycles. The number of nitrogens with zero attached hydrogens (tertiary/aromatic N) is 3. The maximum atomic E-state index is 13.2. The Morgan fingerprint density at radius 2 is 1.90 bits per heavy atom. The van der Waals surface area contributed by atoms with E-state index in [1.54, 1.807) is 0 Å². The molecular weight excluding hydrogens is 382 g/mol. The second kappa shape index (κ2) is 11.2. The van der Waals surface area contributed by atoms with Crippen LogP contribution in [0.15, 0.2) is 30.3 Å². The third-order valence-electron chi connectivity index (χ3n) is 6.15. The van der Waals surface area contributed by atoms with E-state index in [0.29, 0.717) is 26.1 Å². The molecule has 7 heteroatoms. The van der Waals surface area contributed by atoms with Gasteiger partial charge in [0, 0.05) is 51.4 Å². The molecule has 30 heavy (non-hydrogen) atoms. The Hall–Kier alpha value is -1.51. The summed E-state index contributed by atoms with van der Waals surface area (Å²) in [6.45, 7) is 11.8. The second-order valence-electron chi connectivity index (χ2n) is 8.87. The molecule has 1 unspecified atom stereocenters. The molecule has 0 spiro atoms. The molecule has 1 aromatic carbocycles. The lowest BCUT2D eigenvalue weighted by molar-refractivity contribution is -0.135. The second-order valence-corrected chi connectivity index (χ2v) is 8.87. The van der Waals surface area contributed by atoms with Gasteiger partial charge in [0.25, 0.3) is 0 Å². The van der Waals surface area contributed by atoms with Crippen LogP contribution in [0.3, 0.4) is 0 Å². The monoisotopic (exact) mass is 419 g/mol. The number of carbonyl (C=O) groups is 1. The Morgan fingerprint density at radius 1 is 1.17 bits per heavy atom. The van der Waals surface area contributed by atoms with E-state index in [2.05, 4.69) is 9.80 Å². The molecule has 1 aromatic rings. The van der Waals surface area contributed by atoms with Crippen LogP contribution in [0.1, 0.15) is 19.4 Å². The summed E-state index contributed by atoms with van der Waals surface area (Å²) in [7, 11) is 0. The third kappa shape index (κ3) is 6.75. The number of hydrogen-bond acceptors (Lipinski definition) is 6. The van der Waals surface area contributed by atoms with Crippen LogP contribution < -0.4 is 0 Å². The summed E-state index contributed by atoms with van der Waals surface area (Å²) in [5.41, 5.74) is 0.751. The Morgan fingerprint density at radius 3 is 2.60 bits per heavy atom. The molecule has 0 aliphatic carbocycles. The largest absolute Gasteiger partial charge is 0.394 e. The Balaban J connectivity index is 1.62. The Bertz CT molecular complexity index is 649. The fourth-order valence-corrected chi connectivity index (χ4v) is 4.01. The van der Waals surface area contributed by atoms with Gasteiger partial charge in [0.05, 0.1) is 39.0 Å². The van der Waals surface area contributed by atoms with Gasteiger partial charge >= 0.3 is 0 Å². The van der Waals surface area contributed by atoms with Crippen molar-refractivity contribution in [1.82, 2.24) is 14.7 Å². The molecule has 1 atom stereocenters. The molecule has 0 radical (unpaired) electrons. The summed E-state index contributed by atoms with van der Waals surface area (Å²) in [4.78, 5) is 19.8. The van der Waals surface area contributed by atoms with Gasteiger partial charge in [-0.1, -0.05) is 30.3 Å².